The van der Waals surface area contributed by atoms with E-state index >= 15 is 0 Å². The van der Waals surface area contributed by atoms with Crippen LogP contribution in [0.25, 0.3) is 44.2 Å². The second kappa shape index (κ2) is 17.5. The quantitative estimate of drug-likeness (QED) is 0.106. The van der Waals surface area contributed by atoms with Crippen molar-refractivity contribution >= 4 is 45.8 Å². The average molecular weight is 807 g/mol. The van der Waals surface area contributed by atoms with Gasteiger partial charge in [-0.3, -0.25) is 9.59 Å². The normalized spacial score (nSPS) is 19.1. The summed E-state index contributed by atoms with van der Waals surface area (Å²) in [5.74, 6) is 0.950. The predicted octanol–water partition coefficient (Wildman–Crippen LogP) is 6.73. The molecule has 0 bridgehead atoms. The first kappa shape index (κ1) is 41.2. The van der Waals surface area contributed by atoms with Crippen LogP contribution in [0.5, 0.6) is 0 Å². The van der Waals surface area contributed by atoms with E-state index in [0.29, 0.717) is 31.9 Å². The van der Waals surface area contributed by atoms with Crippen LogP contribution in [0.1, 0.15) is 70.7 Å². The molecule has 15 nitrogen and oxygen atoms in total. The number of carbonyl (C=O) groups excluding carboxylic acids is 4. The SMILES string of the molecule is COC[C@H]1C[C@@H](c2ncc(-c3ccc(-c4ccc5c(ccc6[nH]c([C@@H]7CCCN7C(=O)[C@@H](NC(=O)OC)C(C)C)nc65)c4)cc3)[nH]2)N(C(=O)C(NC(=O)OC)C(C)C)C1. The molecule has 2 aliphatic heterocycles. The third kappa shape index (κ3) is 8.47. The lowest BCUT2D eigenvalue weighted by Gasteiger charge is -2.30. The van der Waals surface area contributed by atoms with E-state index in [1.54, 1.807) is 18.2 Å². The Morgan fingerprint density at radius 3 is 2.07 bits per heavy atom. The summed E-state index contributed by atoms with van der Waals surface area (Å²) in [4.78, 5) is 72.1. The largest absolute Gasteiger partial charge is 0.453 e. The van der Waals surface area contributed by atoms with E-state index < -0.39 is 24.3 Å². The Balaban J connectivity index is 1.09. The first-order chi connectivity index (χ1) is 28.4. The molecule has 1 unspecified atom stereocenters. The number of hydrogen-bond donors (Lipinski definition) is 4. The highest BCUT2D eigenvalue weighted by atomic mass is 16.5. The van der Waals surface area contributed by atoms with Crippen LogP contribution in [0, 0.1) is 17.8 Å². The van der Waals surface area contributed by atoms with E-state index in [4.69, 9.17) is 24.2 Å². The number of ether oxygens (including phenoxy) is 3. The van der Waals surface area contributed by atoms with Crippen LogP contribution in [0.3, 0.4) is 0 Å². The maximum Gasteiger partial charge on any atom is 0.407 e. The number of likely N-dealkylation sites (tertiary alicyclic amines) is 2. The second-order valence-electron chi connectivity index (χ2n) is 16.2. The van der Waals surface area contributed by atoms with Gasteiger partial charge in [0.15, 0.2) is 0 Å². The highest BCUT2D eigenvalue weighted by Crippen LogP contribution is 2.38. The van der Waals surface area contributed by atoms with Crippen LogP contribution in [0.15, 0.2) is 60.8 Å². The van der Waals surface area contributed by atoms with Crippen molar-refractivity contribution < 1.29 is 33.4 Å². The molecule has 4 amide bonds. The van der Waals surface area contributed by atoms with Crippen molar-refractivity contribution in [1.29, 1.82) is 0 Å². The zero-order valence-corrected chi connectivity index (χ0v) is 34.7. The number of aromatic nitrogens is 4. The van der Waals surface area contributed by atoms with E-state index in [9.17, 15) is 19.2 Å². The lowest BCUT2D eigenvalue weighted by atomic mass is 9.99. The Labute approximate surface area is 343 Å². The van der Waals surface area contributed by atoms with Gasteiger partial charge in [0.2, 0.25) is 11.8 Å². The van der Waals surface area contributed by atoms with E-state index in [-0.39, 0.29) is 41.7 Å². The summed E-state index contributed by atoms with van der Waals surface area (Å²) in [5, 5.41) is 7.47. The first-order valence-electron chi connectivity index (χ1n) is 20.3. The Bertz CT molecular complexity index is 2320. The molecule has 0 radical (unpaired) electrons. The molecule has 4 N–H and O–H groups in total. The molecular weight excluding hydrogens is 753 g/mol. The van der Waals surface area contributed by atoms with Crippen LogP contribution in [0.4, 0.5) is 9.59 Å². The second-order valence-corrected chi connectivity index (χ2v) is 16.2. The molecule has 2 aliphatic rings. The third-order valence-electron chi connectivity index (χ3n) is 11.6. The summed E-state index contributed by atoms with van der Waals surface area (Å²) in [7, 11) is 4.23. The Kier molecular flexibility index (Phi) is 12.2. The monoisotopic (exact) mass is 806 g/mol. The number of benzene rings is 3. The molecule has 4 heterocycles. The standard InChI is InChI=1S/C44H54N8O7/c1-24(2)36(49-43(55)58-6)41(53)51-18-8-9-34(51)40-46-32-17-15-30-20-29(14-16-31(30)38(32)48-40)27-10-12-28(13-11-27)33-21-45-39(47-33)35-19-26(23-57-5)22-52(35)42(54)37(25(3)4)50-44(56)59-7/h10-17,20-21,24-26,34-37H,8-9,18-19,22-23H2,1-7H3,(H,45,47)(H,46,48)(H,49,55)(H,50,56)/t26-,34-,35-,36-,37?/m0/s1. The smallest absolute Gasteiger partial charge is 0.407 e. The highest BCUT2D eigenvalue weighted by Gasteiger charge is 2.42. The number of nitrogens with one attached hydrogen (secondary N) is 4. The maximum absolute atomic E-state index is 13.9. The van der Waals surface area contributed by atoms with Gasteiger partial charge in [0.05, 0.1) is 55.8 Å². The molecule has 2 fully saturated rings. The van der Waals surface area contributed by atoms with Crippen LogP contribution in [-0.4, -0.2) is 107 Å². The number of methoxy groups -OCH3 is 3. The number of carbonyl (C=O) groups is 4. The summed E-state index contributed by atoms with van der Waals surface area (Å²) in [6.45, 7) is 9.18. The van der Waals surface area contributed by atoms with Crippen molar-refractivity contribution in [2.24, 2.45) is 17.8 Å². The number of rotatable bonds is 12. The topological polar surface area (TPSA) is 184 Å². The molecular formula is C44H54N8O7. The van der Waals surface area contributed by atoms with Gasteiger partial charge in [-0.1, -0.05) is 70.2 Å². The van der Waals surface area contributed by atoms with Gasteiger partial charge in [-0.25, -0.2) is 19.6 Å². The number of amides is 4. The van der Waals surface area contributed by atoms with Crippen LogP contribution < -0.4 is 10.6 Å². The lowest BCUT2D eigenvalue weighted by molar-refractivity contribution is -0.136. The summed E-state index contributed by atoms with van der Waals surface area (Å²) in [6.07, 6.45) is 2.81. The molecule has 15 heteroatoms. The van der Waals surface area contributed by atoms with Gasteiger partial charge in [-0.05, 0) is 65.3 Å². The molecule has 312 valence electrons. The number of hydrogen-bond acceptors (Lipinski definition) is 9. The van der Waals surface area contributed by atoms with Gasteiger partial charge in [-0.2, -0.15) is 0 Å². The fraction of sp³-hybridized carbons (Fsp3) is 0.455. The molecule has 7 rings (SSSR count). The molecule has 0 spiro atoms. The van der Waals surface area contributed by atoms with Gasteiger partial charge in [-0.15, -0.1) is 0 Å². The van der Waals surface area contributed by atoms with E-state index in [1.807, 2.05) is 38.7 Å². The summed E-state index contributed by atoms with van der Waals surface area (Å²) >= 11 is 0. The molecule has 2 aromatic heterocycles. The van der Waals surface area contributed by atoms with Crippen molar-refractivity contribution in [3.05, 3.63) is 72.4 Å². The Morgan fingerprint density at radius 1 is 0.780 bits per heavy atom. The van der Waals surface area contributed by atoms with Crippen molar-refractivity contribution in [3.8, 4) is 22.4 Å². The molecule has 3 aromatic carbocycles. The summed E-state index contributed by atoms with van der Waals surface area (Å²) in [6, 6.07) is 16.8. The molecule has 0 saturated carbocycles. The summed E-state index contributed by atoms with van der Waals surface area (Å²) in [5.41, 5.74) is 5.63. The van der Waals surface area contributed by atoms with Gasteiger partial charge >= 0.3 is 12.2 Å². The van der Waals surface area contributed by atoms with Gasteiger partial charge in [0.1, 0.15) is 23.7 Å². The number of aromatic amines is 2. The average Bonchev–Trinajstić information content (AvgIpc) is 4.07. The Morgan fingerprint density at radius 2 is 1.42 bits per heavy atom. The van der Waals surface area contributed by atoms with Crippen molar-refractivity contribution in [1.82, 2.24) is 40.4 Å². The minimum Gasteiger partial charge on any atom is -0.453 e. The van der Waals surface area contributed by atoms with E-state index in [1.165, 1.54) is 14.2 Å². The molecule has 0 aliphatic carbocycles. The third-order valence-corrected chi connectivity index (χ3v) is 11.6. The first-order valence-corrected chi connectivity index (χ1v) is 20.3. The fourth-order valence-electron chi connectivity index (χ4n) is 8.51. The van der Waals surface area contributed by atoms with Crippen molar-refractivity contribution in [2.75, 3.05) is 41.0 Å². The fourth-order valence-corrected chi connectivity index (χ4v) is 8.51. The van der Waals surface area contributed by atoms with E-state index in [2.05, 4.69) is 69.1 Å². The minimum atomic E-state index is -0.742. The molecule has 5 atom stereocenters. The number of H-pyrrole nitrogens is 2. The lowest BCUT2D eigenvalue weighted by Crippen LogP contribution is -2.51. The van der Waals surface area contributed by atoms with Crippen LogP contribution >= 0.6 is 0 Å². The Hall–Kier alpha value is -5.96. The van der Waals surface area contributed by atoms with Crippen molar-refractivity contribution in [2.45, 2.75) is 71.1 Å². The maximum atomic E-state index is 13.9. The van der Waals surface area contributed by atoms with Crippen LogP contribution in [0.2, 0.25) is 0 Å². The molecule has 5 aromatic rings. The van der Waals surface area contributed by atoms with Gasteiger partial charge in [0.25, 0.3) is 0 Å². The van der Waals surface area contributed by atoms with Gasteiger partial charge in [0, 0.05) is 31.5 Å². The number of fused-ring (bicyclic) bond motifs is 3. The highest BCUT2D eigenvalue weighted by molar-refractivity contribution is 6.05. The predicted molar refractivity (Wildman–Crippen MR) is 223 cm³/mol. The molecule has 2 saturated heterocycles. The van der Waals surface area contributed by atoms with Crippen molar-refractivity contribution in [3.63, 3.8) is 0 Å². The zero-order valence-electron chi connectivity index (χ0n) is 34.7. The number of imidazole rings is 2. The number of alkyl carbamates (subject to hydrolysis) is 2. The summed E-state index contributed by atoms with van der Waals surface area (Å²) < 4.78 is 15.0. The zero-order chi connectivity index (χ0) is 42.0. The van der Waals surface area contributed by atoms with Crippen LogP contribution in [-0.2, 0) is 23.8 Å². The number of nitrogens with zero attached hydrogens (tertiary/aromatic N) is 4. The molecule has 59 heavy (non-hydrogen) atoms. The van der Waals surface area contributed by atoms with Gasteiger partial charge < -0.3 is 44.6 Å². The van der Waals surface area contributed by atoms with E-state index in [0.717, 1.165) is 62.9 Å². The minimum absolute atomic E-state index is 0.115.